The Kier molecular flexibility index (Phi) is 5.25. The second-order valence-electron chi connectivity index (χ2n) is 7.87. The Morgan fingerprint density at radius 1 is 1.28 bits per heavy atom. The molecule has 0 atom stereocenters. The van der Waals surface area contributed by atoms with E-state index in [0.29, 0.717) is 6.42 Å². The normalized spacial score (nSPS) is 15.0. The summed E-state index contributed by atoms with van der Waals surface area (Å²) in [7, 11) is 2.12. The Labute approximate surface area is 154 Å². The highest BCUT2D eigenvalue weighted by Gasteiger charge is 2.19. The van der Waals surface area contributed by atoms with E-state index in [0.717, 1.165) is 36.8 Å². The molecular weight excluding hydrogens is 330 g/mol. The minimum atomic E-state index is 0.0411. The van der Waals surface area contributed by atoms with Crippen LogP contribution in [0.2, 0.25) is 0 Å². The summed E-state index contributed by atoms with van der Waals surface area (Å²) in [5.41, 5.74) is 3.83. The molecule has 0 bridgehead atoms. The van der Waals surface area contributed by atoms with Gasteiger partial charge in [0.05, 0.1) is 5.69 Å². The van der Waals surface area contributed by atoms with Crippen LogP contribution < -0.4 is 5.32 Å². The second-order valence-corrected chi connectivity index (χ2v) is 8.96. The van der Waals surface area contributed by atoms with Crippen LogP contribution in [0.4, 0.5) is 5.13 Å². The molecule has 2 aromatic rings. The van der Waals surface area contributed by atoms with Crippen molar-refractivity contribution in [2.45, 2.75) is 52.0 Å². The van der Waals surface area contributed by atoms with Crippen molar-refractivity contribution in [3.63, 3.8) is 0 Å². The van der Waals surface area contributed by atoms with Crippen LogP contribution in [0, 0.1) is 0 Å². The first-order valence-corrected chi connectivity index (χ1v) is 9.69. The zero-order valence-corrected chi connectivity index (χ0v) is 16.4. The molecule has 0 saturated heterocycles. The topological polar surface area (TPSA) is 45.2 Å². The molecule has 134 valence electrons. The number of rotatable bonds is 4. The van der Waals surface area contributed by atoms with Crippen molar-refractivity contribution >= 4 is 22.4 Å². The lowest BCUT2D eigenvalue weighted by Crippen LogP contribution is -2.25. The van der Waals surface area contributed by atoms with Gasteiger partial charge < -0.3 is 10.2 Å². The van der Waals surface area contributed by atoms with Crippen LogP contribution in [0.5, 0.6) is 0 Å². The Morgan fingerprint density at radius 2 is 2.00 bits per heavy atom. The molecule has 0 spiro atoms. The van der Waals surface area contributed by atoms with E-state index in [1.54, 1.807) is 11.3 Å². The molecule has 0 unspecified atom stereocenters. The molecule has 0 aliphatic carbocycles. The quantitative estimate of drug-likeness (QED) is 0.899. The van der Waals surface area contributed by atoms with E-state index in [4.69, 9.17) is 0 Å². The van der Waals surface area contributed by atoms with Crippen molar-refractivity contribution < 1.29 is 4.79 Å². The minimum absolute atomic E-state index is 0.0411. The summed E-state index contributed by atoms with van der Waals surface area (Å²) in [6.07, 6.45) is 2.21. The lowest BCUT2D eigenvalue weighted by atomic mass is 9.86. The molecule has 3 rings (SSSR count). The van der Waals surface area contributed by atoms with Crippen LogP contribution in [0.15, 0.2) is 24.3 Å². The highest BCUT2D eigenvalue weighted by molar-refractivity contribution is 7.15. The van der Waals surface area contributed by atoms with E-state index in [2.05, 4.69) is 67.3 Å². The molecular formula is C20H27N3OS. The van der Waals surface area contributed by atoms with Gasteiger partial charge in [-0.1, -0.05) is 45.0 Å². The lowest BCUT2D eigenvalue weighted by Gasteiger charge is -2.20. The van der Waals surface area contributed by atoms with Crippen LogP contribution in [-0.4, -0.2) is 29.4 Å². The number of aromatic nitrogens is 1. The average molecular weight is 358 g/mol. The molecule has 5 heteroatoms. The highest BCUT2D eigenvalue weighted by atomic mass is 32.1. The fourth-order valence-electron chi connectivity index (χ4n) is 2.99. The maximum absolute atomic E-state index is 12.2. The summed E-state index contributed by atoms with van der Waals surface area (Å²) in [5.74, 6) is 0.0411. The number of aryl methyl sites for hydroxylation is 1. The molecule has 25 heavy (non-hydrogen) atoms. The number of amides is 1. The first-order chi connectivity index (χ1) is 11.8. The van der Waals surface area contributed by atoms with Crippen molar-refractivity contribution in [3.8, 4) is 0 Å². The van der Waals surface area contributed by atoms with E-state index in [1.165, 1.54) is 16.0 Å². The maximum Gasteiger partial charge on any atom is 0.226 e. The second kappa shape index (κ2) is 7.26. The molecule has 0 fully saturated rings. The number of thiazole rings is 1. The van der Waals surface area contributed by atoms with Gasteiger partial charge in [-0.25, -0.2) is 4.98 Å². The van der Waals surface area contributed by atoms with Crippen molar-refractivity contribution in [1.29, 1.82) is 0 Å². The Bertz CT molecular complexity index is 743. The Balaban J connectivity index is 1.53. The largest absolute Gasteiger partial charge is 0.302 e. The monoisotopic (exact) mass is 357 g/mol. The Hall–Kier alpha value is -1.72. The van der Waals surface area contributed by atoms with Crippen LogP contribution in [-0.2, 0) is 29.6 Å². The third kappa shape index (κ3) is 4.67. The number of fused-ring (bicyclic) bond motifs is 1. The van der Waals surface area contributed by atoms with Crippen molar-refractivity contribution in [2.24, 2.45) is 0 Å². The summed E-state index contributed by atoms with van der Waals surface area (Å²) in [4.78, 5) is 20.4. The summed E-state index contributed by atoms with van der Waals surface area (Å²) < 4.78 is 0. The van der Waals surface area contributed by atoms with Crippen molar-refractivity contribution in [3.05, 3.63) is 46.0 Å². The van der Waals surface area contributed by atoms with Gasteiger partial charge in [-0.2, -0.15) is 0 Å². The maximum atomic E-state index is 12.2. The molecule has 2 heterocycles. The number of hydrogen-bond donors (Lipinski definition) is 1. The third-order valence-corrected chi connectivity index (χ3v) is 5.63. The lowest BCUT2D eigenvalue weighted by molar-refractivity contribution is -0.116. The van der Waals surface area contributed by atoms with Crippen LogP contribution in [0.3, 0.4) is 0 Å². The number of nitrogens with zero attached hydrogens (tertiary/aromatic N) is 2. The predicted octanol–water partition coefficient (Wildman–Crippen LogP) is 4.00. The Morgan fingerprint density at radius 3 is 2.68 bits per heavy atom. The summed E-state index contributed by atoms with van der Waals surface area (Å²) >= 11 is 1.61. The number of carbonyl (C=O) groups is 1. The fourth-order valence-corrected chi connectivity index (χ4v) is 4.09. The number of nitrogens with one attached hydrogen (secondary N) is 1. The number of likely N-dealkylation sites (N-methyl/N-ethyl adjacent to an activating group) is 1. The molecule has 1 aliphatic heterocycles. The van der Waals surface area contributed by atoms with Gasteiger partial charge in [-0.15, -0.1) is 11.3 Å². The molecule has 1 aromatic heterocycles. The van der Waals surface area contributed by atoms with Crippen LogP contribution in [0.1, 0.15) is 48.9 Å². The standard InChI is InChI=1S/C20H27N3OS/c1-20(2,3)15-8-5-14(6-9-15)7-10-18(24)22-19-21-16-11-12-23(4)13-17(16)25-19/h5-6,8-9H,7,10-13H2,1-4H3,(H,21,22,24). The zero-order chi connectivity index (χ0) is 18.0. The van der Waals surface area contributed by atoms with Gasteiger partial charge in [0, 0.05) is 30.8 Å². The number of carbonyl (C=O) groups excluding carboxylic acids is 1. The first kappa shape index (κ1) is 18.1. The third-order valence-electron chi connectivity index (χ3n) is 4.63. The first-order valence-electron chi connectivity index (χ1n) is 8.87. The van der Waals surface area contributed by atoms with Gasteiger partial charge in [0.25, 0.3) is 0 Å². The fraction of sp³-hybridized carbons (Fsp3) is 0.500. The van der Waals surface area contributed by atoms with Gasteiger partial charge in [0.1, 0.15) is 0 Å². The zero-order valence-electron chi connectivity index (χ0n) is 15.6. The molecule has 0 saturated carbocycles. The van der Waals surface area contributed by atoms with Gasteiger partial charge in [-0.05, 0) is 30.0 Å². The SMILES string of the molecule is CN1CCc2nc(NC(=O)CCc3ccc(C(C)(C)C)cc3)sc2C1. The van der Waals surface area contributed by atoms with Gasteiger partial charge in [0.2, 0.25) is 5.91 Å². The molecule has 1 aliphatic rings. The number of anilines is 1. The molecule has 4 nitrogen and oxygen atoms in total. The van der Waals surface area contributed by atoms with Gasteiger partial charge in [0.15, 0.2) is 5.13 Å². The van der Waals surface area contributed by atoms with E-state index in [-0.39, 0.29) is 11.3 Å². The number of hydrogen-bond acceptors (Lipinski definition) is 4. The van der Waals surface area contributed by atoms with E-state index >= 15 is 0 Å². The molecule has 1 N–H and O–H groups in total. The summed E-state index contributed by atoms with van der Waals surface area (Å²) in [6, 6.07) is 8.59. The van der Waals surface area contributed by atoms with E-state index in [9.17, 15) is 4.79 Å². The predicted molar refractivity (Wildman–Crippen MR) is 104 cm³/mol. The average Bonchev–Trinajstić information content (AvgIpc) is 2.93. The molecule has 1 amide bonds. The van der Waals surface area contributed by atoms with Crippen LogP contribution >= 0.6 is 11.3 Å². The number of benzene rings is 1. The van der Waals surface area contributed by atoms with Gasteiger partial charge in [-0.3, -0.25) is 4.79 Å². The van der Waals surface area contributed by atoms with Crippen molar-refractivity contribution in [2.75, 3.05) is 18.9 Å². The molecule has 1 aromatic carbocycles. The summed E-state index contributed by atoms with van der Waals surface area (Å²) in [6.45, 7) is 8.60. The highest BCUT2D eigenvalue weighted by Crippen LogP contribution is 2.28. The minimum Gasteiger partial charge on any atom is -0.302 e. The van der Waals surface area contributed by atoms with E-state index < -0.39 is 0 Å². The van der Waals surface area contributed by atoms with Crippen molar-refractivity contribution in [1.82, 2.24) is 9.88 Å². The van der Waals surface area contributed by atoms with E-state index in [1.807, 2.05) is 0 Å². The van der Waals surface area contributed by atoms with Gasteiger partial charge >= 0.3 is 0 Å². The molecule has 0 radical (unpaired) electrons. The smallest absolute Gasteiger partial charge is 0.226 e. The van der Waals surface area contributed by atoms with Crippen LogP contribution in [0.25, 0.3) is 0 Å². The summed E-state index contributed by atoms with van der Waals surface area (Å²) in [5, 5.41) is 3.71.